The molecule has 1 aliphatic carbocycles. The van der Waals surface area contributed by atoms with Crippen LogP contribution in [0.4, 0.5) is 4.79 Å². The first-order chi connectivity index (χ1) is 6.18. The fourth-order valence-corrected chi connectivity index (χ4v) is 1.76. The largest absolute Gasteiger partial charge is 0.391 e. The van der Waals surface area contributed by atoms with E-state index in [2.05, 4.69) is 0 Å². The molecule has 0 aromatic heterocycles. The second kappa shape index (κ2) is 3.18. The lowest BCUT2D eigenvalue weighted by Gasteiger charge is -2.23. The quantitative estimate of drug-likeness (QED) is 0.635. The number of carbonyl (C=O) groups is 1. The van der Waals surface area contributed by atoms with Crippen LogP contribution in [-0.2, 0) is 0 Å². The van der Waals surface area contributed by atoms with Gasteiger partial charge in [-0.05, 0) is 19.3 Å². The molecule has 1 saturated heterocycles. The molecule has 2 fully saturated rings. The number of amides is 2. The number of aliphatic hydroxyl groups excluding tert-OH is 1. The van der Waals surface area contributed by atoms with Crippen molar-refractivity contribution in [1.29, 1.82) is 0 Å². The normalized spacial score (nSPS) is 27.8. The highest BCUT2D eigenvalue weighted by Gasteiger charge is 2.34. The molecule has 0 aromatic carbocycles. The van der Waals surface area contributed by atoms with E-state index in [0.29, 0.717) is 19.1 Å². The first kappa shape index (κ1) is 8.81. The van der Waals surface area contributed by atoms with E-state index in [1.165, 1.54) is 0 Å². The maximum absolute atomic E-state index is 11.7. The van der Waals surface area contributed by atoms with Gasteiger partial charge in [0.05, 0.1) is 6.10 Å². The summed E-state index contributed by atoms with van der Waals surface area (Å²) in [6.45, 7) is 1.22. The zero-order valence-electron chi connectivity index (χ0n) is 7.94. The monoisotopic (exact) mass is 184 g/mol. The van der Waals surface area contributed by atoms with E-state index in [-0.39, 0.29) is 12.1 Å². The van der Waals surface area contributed by atoms with E-state index < -0.39 is 0 Å². The molecule has 1 unspecified atom stereocenters. The Hall–Kier alpha value is -0.770. The zero-order valence-corrected chi connectivity index (χ0v) is 7.94. The summed E-state index contributed by atoms with van der Waals surface area (Å²) in [6, 6.07) is 0.546. The maximum atomic E-state index is 11.7. The molecule has 2 aliphatic rings. The third-order valence-corrected chi connectivity index (χ3v) is 2.83. The highest BCUT2D eigenvalue weighted by atomic mass is 16.3. The zero-order chi connectivity index (χ0) is 9.42. The first-order valence-corrected chi connectivity index (χ1v) is 4.88. The summed E-state index contributed by atoms with van der Waals surface area (Å²) >= 11 is 0. The maximum Gasteiger partial charge on any atom is 0.320 e. The lowest BCUT2D eigenvalue weighted by molar-refractivity contribution is 0.152. The third-order valence-electron chi connectivity index (χ3n) is 2.83. The number of likely N-dealkylation sites (tertiary alicyclic amines) is 1. The van der Waals surface area contributed by atoms with Crippen LogP contribution in [0.15, 0.2) is 0 Å². The Morgan fingerprint density at radius 1 is 1.46 bits per heavy atom. The van der Waals surface area contributed by atoms with E-state index in [0.717, 1.165) is 19.3 Å². The van der Waals surface area contributed by atoms with Gasteiger partial charge in [-0.3, -0.25) is 0 Å². The molecule has 2 amide bonds. The molecule has 4 heteroatoms. The van der Waals surface area contributed by atoms with E-state index in [1.54, 1.807) is 9.80 Å². The van der Waals surface area contributed by atoms with Crippen molar-refractivity contribution in [3.05, 3.63) is 0 Å². The molecule has 1 aliphatic heterocycles. The molecule has 2 rings (SSSR count). The van der Waals surface area contributed by atoms with Crippen LogP contribution in [0.3, 0.4) is 0 Å². The number of urea groups is 1. The fourth-order valence-electron chi connectivity index (χ4n) is 1.76. The summed E-state index contributed by atoms with van der Waals surface area (Å²) in [5, 5.41) is 9.27. The molecule has 1 N–H and O–H groups in total. The van der Waals surface area contributed by atoms with Crippen LogP contribution in [0.25, 0.3) is 0 Å². The minimum absolute atomic E-state index is 0.0825. The number of aliphatic hydroxyl groups is 1. The molecule has 0 spiro atoms. The number of hydrogen-bond acceptors (Lipinski definition) is 2. The van der Waals surface area contributed by atoms with Gasteiger partial charge in [0.25, 0.3) is 0 Å². The third kappa shape index (κ3) is 1.77. The Morgan fingerprint density at radius 3 is 2.62 bits per heavy atom. The van der Waals surface area contributed by atoms with Gasteiger partial charge in [-0.25, -0.2) is 4.79 Å². The molecular weight excluding hydrogens is 168 g/mol. The lowest BCUT2D eigenvalue weighted by atomic mass is 10.3. The minimum atomic E-state index is -0.309. The van der Waals surface area contributed by atoms with Crippen molar-refractivity contribution in [3.8, 4) is 0 Å². The summed E-state index contributed by atoms with van der Waals surface area (Å²) in [4.78, 5) is 15.3. The lowest BCUT2D eigenvalue weighted by Crippen LogP contribution is -2.41. The summed E-state index contributed by atoms with van der Waals surface area (Å²) in [6.07, 6.45) is 2.69. The van der Waals surface area contributed by atoms with Gasteiger partial charge in [0.15, 0.2) is 0 Å². The molecule has 1 heterocycles. The van der Waals surface area contributed by atoms with Crippen molar-refractivity contribution < 1.29 is 9.90 Å². The van der Waals surface area contributed by atoms with E-state index >= 15 is 0 Å². The van der Waals surface area contributed by atoms with Gasteiger partial charge >= 0.3 is 6.03 Å². The van der Waals surface area contributed by atoms with Crippen molar-refractivity contribution in [2.45, 2.75) is 31.4 Å². The predicted molar refractivity (Wildman–Crippen MR) is 48.4 cm³/mol. The van der Waals surface area contributed by atoms with Crippen molar-refractivity contribution in [1.82, 2.24) is 9.80 Å². The predicted octanol–water partition coefficient (Wildman–Crippen LogP) is 0.267. The average molecular weight is 184 g/mol. The van der Waals surface area contributed by atoms with Crippen LogP contribution < -0.4 is 0 Å². The van der Waals surface area contributed by atoms with Crippen molar-refractivity contribution in [2.24, 2.45) is 0 Å². The van der Waals surface area contributed by atoms with Gasteiger partial charge < -0.3 is 14.9 Å². The van der Waals surface area contributed by atoms with Crippen LogP contribution in [0.1, 0.15) is 19.3 Å². The molecule has 4 nitrogen and oxygen atoms in total. The first-order valence-electron chi connectivity index (χ1n) is 4.88. The van der Waals surface area contributed by atoms with Gasteiger partial charge in [0, 0.05) is 26.2 Å². The number of nitrogens with zero attached hydrogens (tertiary/aromatic N) is 2. The average Bonchev–Trinajstić information content (AvgIpc) is 2.87. The van der Waals surface area contributed by atoms with Crippen molar-refractivity contribution in [3.63, 3.8) is 0 Å². The molecule has 13 heavy (non-hydrogen) atoms. The second-order valence-electron chi connectivity index (χ2n) is 4.01. The Balaban J connectivity index is 1.88. The highest BCUT2D eigenvalue weighted by Crippen LogP contribution is 2.26. The van der Waals surface area contributed by atoms with Gasteiger partial charge in [0.1, 0.15) is 0 Å². The Morgan fingerprint density at radius 2 is 2.15 bits per heavy atom. The van der Waals surface area contributed by atoms with Crippen LogP contribution in [0.5, 0.6) is 0 Å². The van der Waals surface area contributed by atoms with Gasteiger partial charge in [-0.2, -0.15) is 0 Å². The topological polar surface area (TPSA) is 43.8 Å². The Bertz CT molecular complexity index is 216. The van der Waals surface area contributed by atoms with Gasteiger partial charge in [-0.15, -0.1) is 0 Å². The number of rotatable bonds is 1. The summed E-state index contributed by atoms with van der Waals surface area (Å²) < 4.78 is 0. The van der Waals surface area contributed by atoms with Crippen LogP contribution >= 0.6 is 0 Å². The number of β-amino-alcohol motifs (C(OH)–C–C–N with tert-alkyl or cyclic N) is 1. The van der Waals surface area contributed by atoms with Crippen molar-refractivity contribution in [2.75, 3.05) is 20.1 Å². The standard InChI is InChI=1S/C9H16N2O2/c1-10(7-2-3-7)9(13)11-5-4-8(12)6-11/h7-8,12H,2-6H2,1H3. The Labute approximate surface area is 78.1 Å². The highest BCUT2D eigenvalue weighted by molar-refractivity contribution is 5.75. The summed E-state index contributed by atoms with van der Waals surface area (Å²) in [5.41, 5.74) is 0. The molecule has 0 bridgehead atoms. The Kier molecular flexibility index (Phi) is 2.15. The number of hydrogen-bond donors (Lipinski definition) is 1. The van der Waals surface area contributed by atoms with Crippen LogP contribution in [0, 0.1) is 0 Å². The summed E-state index contributed by atoms with van der Waals surface area (Å²) in [7, 11) is 1.85. The molecule has 1 saturated carbocycles. The molecule has 0 radical (unpaired) electrons. The van der Waals surface area contributed by atoms with E-state index in [1.807, 2.05) is 7.05 Å². The smallest absolute Gasteiger partial charge is 0.320 e. The van der Waals surface area contributed by atoms with Crippen LogP contribution in [0.2, 0.25) is 0 Å². The van der Waals surface area contributed by atoms with E-state index in [4.69, 9.17) is 0 Å². The molecular formula is C9H16N2O2. The van der Waals surface area contributed by atoms with Gasteiger partial charge in [0.2, 0.25) is 0 Å². The number of carbonyl (C=O) groups excluding carboxylic acids is 1. The molecule has 0 aromatic rings. The van der Waals surface area contributed by atoms with Gasteiger partial charge in [-0.1, -0.05) is 0 Å². The van der Waals surface area contributed by atoms with Crippen molar-refractivity contribution >= 4 is 6.03 Å². The summed E-state index contributed by atoms with van der Waals surface area (Å²) in [5.74, 6) is 0. The van der Waals surface area contributed by atoms with E-state index in [9.17, 15) is 9.90 Å². The fraction of sp³-hybridized carbons (Fsp3) is 0.889. The molecule has 74 valence electrons. The SMILES string of the molecule is CN(C(=O)N1CCC(O)C1)C1CC1. The second-order valence-corrected chi connectivity index (χ2v) is 4.01. The minimum Gasteiger partial charge on any atom is -0.391 e. The van der Waals surface area contributed by atoms with Crippen LogP contribution in [-0.4, -0.2) is 53.2 Å². The molecule has 1 atom stereocenters.